The largest absolute Gasteiger partial charge is 0.323 e. The maximum Gasteiger partial charge on any atom is 0.323 e. The van der Waals surface area contributed by atoms with Crippen LogP contribution in [-0.2, 0) is 11.2 Å². The number of anilines is 3. The van der Waals surface area contributed by atoms with Gasteiger partial charge >= 0.3 is 6.03 Å². The molecule has 2 aromatic rings. The summed E-state index contributed by atoms with van der Waals surface area (Å²) < 4.78 is 0. The molecule has 5 nitrogen and oxygen atoms in total. The number of halogens is 1. The lowest BCUT2D eigenvalue weighted by molar-refractivity contribution is -0.125. The molecule has 1 aliphatic rings. The number of hydrogen-bond donors (Lipinski definition) is 2. The number of hydrogen-bond acceptors (Lipinski definition) is 2. The van der Waals surface area contributed by atoms with Crippen molar-refractivity contribution in [2.24, 2.45) is 5.41 Å². The van der Waals surface area contributed by atoms with Gasteiger partial charge in [-0.2, -0.15) is 0 Å². The summed E-state index contributed by atoms with van der Waals surface area (Å²) in [7, 11) is 0. The Bertz CT molecular complexity index is 858. The van der Waals surface area contributed by atoms with Gasteiger partial charge in [0.1, 0.15) is 0 Å². The van der Waals surface area contributed by atoms with Crippen LogP contribution in [0.3, 0.4) is 0 Å². The third-order valence-electron chi connectivity index (χ3n) is 4.25. The average Bonchev–Trinajstić information content (AvgIpc) is 2.98. The summed E-state index contributed by atoms with van der Waals surface area (Å²) >= 11 is 6.06. The third-order valence-corrected chi connectivity index (χ3v) is 4.58. The summed E-state index contributed by atoms with van der Waals surface area (Å²) in [6.45, 7) is 6.39. The van der Waals surface area contributed by atoms with Crippen molar-refractivity contribution in [2.45, 2.75) is 27.2 Å². The minimum absolute atomic E-state index is 0.0777. The van der Waals surface area contributed by atoms with Gasteiger partial charge in [-0.15, -0.1) is 0 Å². The van der Waals surface area contributed by atoms with Crippen LogP contribution < -0.4 is 15.5 Å². The van der Waals surface area contributed by atoms with Gasteiger partial charge in [-0.05, 0) is 36.2 Å². The Morgan fingerprint density at radius 2 is 1.81 bits per heavy atom. The van der Waals surface area contributed by atoms with Crippen molar-refractivity contribution in [3.8, 4) is 0 Å². The molecule has 1 aliphatic heterocycles. The molecule has 0 unspecified atom stereocenters. The van der Waals surface area contributed by atoms with Gasteiger partial charge in [-0.3, -0.25) is 4.79 Å². The minimum atomic E-state index is -0.452. The molecule has 136 valence electrons. The van der Waals surface area contributed by atoms with Gasteiger partial charge in [0.25, 0.3) is 0 Å². The molecule has 26 heavy (non-hydrogen) atoms. The molecule has 0 atom stereocenters. The highest BCUT2D eigenvalue weighted by Crippen LogP contribution is 2.34. The molecule has 0 fully saturated rings. The number of para-hydroxylation sites is 1. The quantitative estimate of drug-likeness (QED) is 0.787. The van der Waals surface area contributed by atoms with Gasteiger partial charge in [0.05, 0.1) is 10.7 Å². The molecule has 0 radical (unpaired) electrons. The molecule has 3 rings (SSSR count). The number of rotatable bonds is 2. The fourth-order valence-electron chi connectivity index (χ4n) is 2.92. The van der Waals surface area contributed by atoms with Crippen LogP contribution >= 0.6 is 11.6 Å². The zero-order valence-electron chi connectivity index (χ0n) is 15.1. The molecule has 3 amide bonds. The Balaban J connectivity index is 1.76. The van der Waals surface area contributed by atoms with Crippen LogP contribution in [0.4, 0.5) is 21.9 Å². The van der Waals surface area contributed by atoms with Crippen LogP contribution in [0.15, 0.2) is 42.5 Å². The Kier molecular flexibility index (Phi) is 4.92. The Morgan fingerprint density at radius 3 is 2.50 bits per heavy atom. The number of carbonyl (C=O) groups is 2. The Hall–Kier alpha value is -2.53. The summed E-state index contributed by atoms with van der Waals surface area (Å²) in [4.78, 5) is 26.7. The number of nitrogens with zero attached hydrogens (tertiary/aromatic N) is 1. The first-order chi connectivity index (χ1) is 12.3. The number of nitrogens with one attached hydrogen (secondary N) is 2. The van der Waals surface area contributed by atoms with Crippen LogP contribution in [0.25, 0.3) is 0 Å². The van der Waals surface area contributed by atoms with Gasteiger partial charge in [0, 0.05) is 23.3 Å². The van der Waals surface area contributed by atoms with E-state index >= 15 is 0 Å². The maximum absolute atomic E-state index is 12.7. The lowest BCUT2D eigenvalue weighted by Gasteiger charge is -2.26. The van der Waals surface area contributed by atoms with Gasteiger partial charge in [-0.1, -0.05) is 50.6 Å². The van der Waals surface area contributed by atoms with E-state index in [0.717, 1.165) is 17.7 Å². The molecule has 2 N–H and O–H groups in total. The zero-order valence-corrected chi connectivity index (χ0v) is 15.9. The molecule has 0 bridgehead atoms. The van der Waals surface area contributed by atoms with Crippen LogP contribution in [0.1, 0.15) is 26.3 Å². The monoisotopic (exact) mass is 371 g/mol. The van der Waals surface area contributed by atoms with Crippen molar-refractivity contribution in [3.63, 3.8) is 0 Å². The summed E-state index contributed by atoms with van der Waals surface area (Å²) in [6, 6.07) is 12.3. The summed E-state index contributed by atoms with van der Waals surface area (Å²) in [6.07, 6.45) is 0.823. The second-order valence-electron chi connectivity index (χ2n) is 7.36. The molecular weight excluding hydrogens is 350 g/mol. The molecular formula is C20H22ClN3O2. The van der Waals surface area contributed by atoms with Crippen LogP contribution in [0, 0.1) is 5.41 Å². The van der Waals surface area contributed by atoms with Gasteiger partial charge in [0.15, 0.2) is 0 Å². The number of fused-ring (bicyclic) bond motifs is 1. The first-order valence-corrected chi connectivity index (χ1v) is 8.91. The maximum atomic E-state index is 12.7. The second kappa shape index (κ2) is 7.00. The summed E-state index contributed by atoms with van der Waals surface area (Å²) in [5.74, 6) is 0.0777. The van der Waals surface area contributed by atoms with Crippen molar-refractivity contribution in [2.75, 3.05) is 22.1 Å². The van der Waals surface area contributed by atoms with Crippen molar-refractivity contribution >= 4 is 40.6 Å². The van der Waals surface area contributed by atoms with E-state index in [1.54, 1.807) is 29.2 Å². The van der Waals surface area contributed by atoms with E-state index in [4.69, 9.17) is 11.6 Å². The summed E-state index contributed by atoms with van der Waals surface area (Å²) in [5.41, 5.74) is 2.69. The molecule has 0 saturated heterocycles. The van der Waals surface area contributed by atoms with Crippen molar-refractivity contribution < 1.29 is 9.59 Å². The van der Waals surface area contributed by atoms with E-state index in [0.29, 0.717) is 22.9 Å². The number of urea groups is 1. The fraction of sp³-hybridized carbons (Fsp3) is 0.300. The topological polar surface area (TPSA) is 61.4 Å². The minimum Gasteiger partial charge on any atom is -0.311 e. The van der Waals surface area contributed by atoms with E-state index in [9.17, 15) is 9.59 Å². The summed E-state index contributed by atoms with van der Waals surface area (Å²) in [5, 5.41) is 5.99. The van der Waals surface area contributed by atoms with E-state index in [-0.39, 0.29) is 11.9 Å². The van der Waals surface area contributed by atoms with E-state index in [1.165, 1.54) is 0 Å². The molecule has 2 aromatic carbocycles. The van der Waals surface area contributed by atoms with E-state index in [2.05, 4.69) is 10.6 Å². The van der Waals surface area contributed by atoms with Gasteiger partial charge in [-0.25, -0.2) is 4.79 Å². The lowest BCUT2D eigenvalue weighted by atomic mass is 9.94. The van der Waals surface area contributed by atoms with E-state index < -0.39 is 5.41 Å². The van der Waals surface area contributed by atoms with Crippen LogP contribution in [0.5, 0.6) is 0 Å². The predicted octanol–water partition coefficient (Wildman–Crippen LogP) is 4.92. The first kappa shape index (κ1) is 18.3. The Morgan fingerprint density at radius 1 is 1.08 bits per heavy atom. The Labute approximate surface area is 158 Å². The highest BCUT2D eigenvalue weighted by atomic mass is 35.5. The van der Waals surface area contributed by atoms with Crippen molar-refractivity contribution in [1.82, 2.24) is 0 Å². The number of carbonyl (C=O) groups excluding carboxylic acids is 2. The number of benzene rings is 2. The molecule has 0 spiro atoms. The lowest BCUT2D eigenvalue weighted by Crippen LogP contribution is -2.38. The second-order valence-corrected chi connectivity index (χ2v) is 7.77. The third kappa shape index (κ3) is 3.83. The molecule has 0 saturated carbocycles. The first-order valence-electron chi connectivity index (χ1n) is 8.53. The van der Waals surface area contributed by atoms with Crippen LogP contribution in [0.2, 0.25) is 5.02 Å². The van der Waals surface area contributed by atoms with Crippen molar-refractivity contribution in [1.29, 1.82) is 0 Å². The van der Waals surface area contributed by atoms with Crippen molar-refractivity contribution in [3.05, 3.63) is 53.1 Å². The highest BCUT2D eigenvalue weighted by molar-refractivity contribution is 6.33. The smallest absolute Gasteiger partial charge is 0.311 e. The number of amides is 3. The normalized spacial score (nSPS) is 13.3. The SMILES string of the molecule is CC(C)(C)C(=O)N1CCc2ccc(NC(=O)Nc3ccccc3Cl)cc21. The standard InChI is InChI=1S/C20H22ClN3O2/c1-20(2,3)18(25)24-11-10-13-8-9-14(12-17(13)24)22-19(26)23-16-7-5-4-6-15(16)21/h4-9,12H,10-11H2,1-3H3,(H2,22,23,26). The highest BCUT2D eigenvalue weighted by Gasteiger charge is 2.32. The molecule has 6 heteroatoms. The molecule has 0 aliphatic carbocycles. The van der Waals surface area contributed by atoms with Gasteiger partial charge in [0.2, 0.25) is 5.91 Å². The molecule has 1 heterocycles. The van der Waals surface area contributed by atoms with E-state index in [1.807, 2.05) is 39.0 Å². The zero-order chi connectivity index (χ0) is 18.9. The fourth-order valence-corrected chi connectivity index (χ4v) is 3.10. The average molecular weight is 372 g/mol. The van der Waals surface area contributed by atoms with Crippen LogP contribution in [-0.4, -0.2) is 18.5 Å². The predicted molar refractivity (Wildman–Crippen MR) is 106 cm³/mol. The van der Waals surface area contributed by atoms with Gasteiger partial charge < -0.3 is 15.5 Å². The molecule has 0 aromatic heterocycles.